The van der Waals surface area contributed by atoms with E-state index in [9.17, 15) is 4.79 Å². The lowest BCUT2D eigenvalue weighted by molar-refractivity contribution is -0.118. The molecule has 0 fully saturated rings. The molecule has 3 rings (SSSR count). The Morgan fingerprint density at radius 1 is 1.50 bits per heavy atom. The quantitative estimate of drug-likeness (QED) is 0.622. The van der Waals surface area contributed by atoms with Gasteiger partial charge in [0.05, 0.1) is 8.59 Å². The number of amides is 1. The van der Waals surface area contributed by atoms with Crippen molar-refractivity contribution < 1.29 is 9.53 Å². The van der Waals surface area contributed by atoms with E-state index in [0.717, 1.165) is 8.96 Å². The largest absolute Gasteiger partial charge is 0.480 e. The summed E-state index contributed by atoms with van der Waals surface area (Å²) >= 11 is 9.54. The van der Waals surface area contributed by atoms with Crippen molar-refractivity contribution in [3.05, 3.63) is 38.5 Å². The minimum absolute atomic E-state index is 0.150. The van der Waals surface area contributed by atoms with Crippen LogP contribution in [-0.2, 0) is 4.79 Å². The lowest BCUT2D eigenvalue weighted by atomic mass is 10.2. The number of hydrogen-bond acceptors (Lipinski definition) is 6. The Labute approximate surface area is 148 Å². The number of nitrogens with one attached hydrogen (secondary N) is 1. The number of benzene rings is 1. The summed E-state index contributed by atoms with van der Waals surface area (Å²) in [4.78, 5) is 16.1. The van der Waals surface area contributed by atoms with Crippen LogP contribution < -0.4 is 10.1 Å². The summed E-state index contributed by atoms with van der Waals surface area (Å²) in [5.41, 5.74) is 2.17. The van der Waals surface area contributed by atoms with Crippen molar-refractivity contribution in [1.82, 2.24) is 15.2 Å². The van der Waals surface area contributed by atoms with Crippen molar-refractivity contribution in [2.75, 3.05) is 11.9 Å². The van der Waals surface area contributed by atoms with Gasteiger partial charge < -0.3 is 4.74 Å². The van der Waals surface area contributed by atoms with Crippen LogP contribution in [0.4, 0.5) is 5.13 Å². The van der Waals surface area contributed by atoms with Crippen LogP contribution in [-0.4, -0.2) is 27.7 Å². The number of carbonyl (C=O) groups excluding carboxylic acids is 1. The van der Waals surface area contributed by atoms with E-state index in [1.165, 1.54) is 16.8 Å². The molecule has 0 aliphatic heterocycles. The number of hydrogen-bond donors (Lipinski definition) is 1. The van der Waals surface area contributed by atoms with E-state index in [4.69, 9.17) is 16.3 Å². The molecule has 0 radical (unpaired) electrons. The second kappa shape index (κ2) is 6.71. The molecular formula is C13H8ClIN4O2S. The molecule has 1 N–H and O–H groups in total. The maximum absolute atomic E-state index is 11.9. The number of fused-ring (bicyclic) bond motifs is 1. The number of pyridine rings is 1. The molecular weight excluding hydrogens is 439 g/mol. The Balaban J connectivity index is 1.80. The zero-order valence-corrected chi connectivity index (χ0v) is 14.6. The Hall–Kier alpha value is -1.52. The van der Waals surface area contributed by atoms with Gasteiger partial charge in [-0.25, -0.2) is 0 Å². The number of anilines is 1. The van der Waals surface area contributed by atoms with Crippen LogP contribution >= 0.6 is 45.5 Å². The van der Waals surface area contributed by atoms with Crippen LogP contribution in [0.25, 0.3) is 10.9 Å². The predicted octanol–water partition coefficient (Wildman–Crippen LogP) is 3.36. The van der Waals surface area contributed by atoms with E-state index in [2.05, 4.69) is 43.1 Å². The molecule has 22 heavy (non-hydrogen) atoms. The third kappa shape index (κ3) is 3.28. The van der Waals surface area contributed by atoms with Gasteiger partial charge >= 0.3 is 0 Å². The minimum atomic E-state index is -0.313. The molecule has 0 aliphatic rings. The third-order valence-corrected chi connectivity index (χ3v) is 4.43. The van der Waals surface area contributed by atoms with E-state index >= 15 is 0 Å². The summed E-state index contributed by atoms with van der Waals surface area (Å²) in [5.74, 6) is 0.222. The summed E-state index contributed by atoms with van der Waals surface area (Å²) in [5, 5.41) is 11.8. The van der Waals surface area contributed by atoms with Crippen LogP contribution in [0.2, 0.25) is 5.02 Å². The summed E-state index contributed by atoms with van der Waals surface area (Å²) < 4.78 is 6.42. The first kappa shape index (κ1) is 15.4. The SMILES string of the molecule is O=C(COc1c(I)cc(Cl)c2cccnc12)Nc1nncs1. The third-order valence-electron chi connectivity index (χ3n) is 2.70. The molecule has 0 spiro atoms. The monoisotopic (exact) mass is 446 g/mol. The van der Waals surface area contributed by atoms with E-state index in [-0.39, 0.29) is 12.5 Å². The number of rotatable bonds is 4. The smallest absolute Gasteiger partial charge is 0.264 e. The summed E-state index contributed by atoms with van der Waals surface area (Å²) in [6, 6.07) is 5.44. The van der Waals surface area contributed by atoms with E-state index in [1.807, 2.05) is 6.07 Å². The molecule has 2 aromatic heterocycles. The van der Waals surface area contributed by atoms with Gasteiger partial charge in [0.1, 0.15) is 11.0 Å². The van der Waals surface area contributed by atoms with E-state index in [0.29, 0.717) is 21.4 Å². The van der Waals surface area contributed by atoms with Crippen molar-refractivity contribution >= 4 is 67.5 Å². The highest BCUT2D eigenvalue weighted by Crippen LogP contribution is 2.34. The fraction of sp³-hybridized carbons (Fsp3) is 0.0769. The van der Waals surface area contributed by atoms with E-state index < -0.39 is 0 Å². The minimum Gasteiger partial charge on any atom is -0.480 e. The van der Waals surface area contributed by atoms with Gasteiger partial charge in [-0.2, -0.15) is 0 Å². The van der Waals surface area contributed by atoms with Crippen molar-refractivity contribution in [3.8, 4) is 5.75 Å². The molecule has 0 bridgehead atoms. The molecule has 3 aromatic rings. The van der Waals surface area contributed by atoms with Crippen LogP contribution in [0.3, 0.4) is 0 Å². The first-order chi connectivity index (χ1) is 10.6. The molecule has 112 valence electrons. The molecule has 1 amide bonds. The van der Waals surface area contributed by atoms with Gasteiger partial charge in [-0.3, -0.25) is 15.1 Å². The van der Waals surface area contributed by atoms with Crippen molar-refractivity contribution in [2.45, 2.75) is 0 Å². The first-order valence-electron chi connectivity index (χ1n) is 6.06. The molecule has 0 unspecified atom stereocenters. The summed E-state index contributed by atoms with van der Waals surface area (Å²) in [6.45, 7) is -0.150. The molecule has 0 atom stereocenters. The van der Waals surface area contributed by atoms with Crippen molar-refractivity contribution in [3.63, 3.8) is 0 Å². The molecule has 0 aliphatic carbocycles. The zero-order valence-electron chi connectivity index (χ0n) is 10.9. The molecule has 0 saturated carbocycles. The Morgan fingerprint density at radius 3 is 3.14 bits per heavy atom. The normalized spacial score (nSPS) is 10.6. The Bertz CT molecular complexity index is 828. The zero-order chi connectivity index (χ0) is 15.5. The highest BCUT2D eigenvalue weighted by atomic mass is 127. The summed E-state index contributed by atoms with van der Waals surface area (Å²) in [7, 11) is 0. The number of aromatic nitrogens is 3. The predicted molar refractivity (Wildman–Crippen MR) is 93.5 cm³/mol. The maximum Gasteiger partial charge on any atom is 0.264 e. The average molecular weight is 447 g/mol. The van der Waals surface area contributed by atoms with Gasteiger partial charge in [-0.15, -0.1) is 10.2 Å². The average Bonchev–Trinajstić information content (AvgIpc) is 3.00. The van der Waals surface area contributed by atoms with Gasteiger partial charge in [0, 0.05) is 11.6 Å². The molecule has 0 saturated heterocycles. The van der Waals surface area contributed by atoms with Crippen LogP contribution in [0, 0.1) is 3.57 Å². The van der Waals surface area contributed by atoms with Gasteiger partial charge in [-0.1, -0.05) is 22.9 Å². The van der Waals surface area contributed by atoms with Crippen LogP contribution in [0.1, 0.15) is 0 Å². The second-order valence-corrected chi connectivity index (χ2v) is 6.55. The Morgan fingerprint density at radius 2 is 2.36 bits per heavy atom. The highest BCUT2D eigenvalue weighted by Gasteiger charge is 2.14. The Kier molecular flexibility index (Phi) is 4.69. The van der Waals surface area contributed by atoms with Gasteiger partial charge in [-0.05, 0) is 40.8 Å². The van der Waals surface area contributed by atoms with Gasteiger partial charge in [0.15, 0.2) is 12.4 Å². The fourth-order valence-electron chi connectivity index (χ4n) is 1.80. The lowest BCUT2D eigenvalue weighted by Crippen LogP contribution is -2.20. The summed E-state index contributed by atoms with van der Waals surface area (Å²) in [6.07, 6.45) is 1.66. The second-order valence-electron chi connectivity index (χ2n) is 4.15. The number of carbonyl (C=O) groups is 1. The number of halogens is 2. The van der Waals surface area contributed by atoms with Gasteiger partial charge in [0.25, 0.3) is 5.91 Å². The molecule has 9 heteroatoms. The first-order valence-corrected chi connectivity index (χ1v) is 8.40. The highest BCUT2D eigenvalue weighted by molar-refractivity contribution is 14.1. The van der Waals surface area contributed by atoms with E-state index in [1.54, 1.807) is 18.3 Å². The lowest BCUT2D eigenvalue weighted by Gasteiger charge is -2.11. The van der Waals surface area contributed by atoms with Crippen LogP contribution in [0.5, 0.6) is 5.75 Å². The number of ether oxygens (including phenoxy) is 1. The molecule has 2 heterocycles. The maximum atomic E-state index is 11.9. The number of nitrogens with zero attached hydrogens (tertiary/aromatic N) is 3. The van der Waals surface area contributed by atoms with Crippen molar-refractivity contribution in [2.24, 2.45) is 0 Å². The van der Waals surface area contributed by atoms with Crippen LogP contribution in [0.15, 0.2) is 29.9 Å². The topological polar surface area (TPSA) is 77.0 Å². The van der Waals surface area contributed by atoms with Crippen molar-refractivity contribution in [1.29, 1.82) is 0 Å². The molecule has 1 aromatic carbocycles. The molecule has 6 nitrogen and oxygen atoms in total. The standard InChI is InChI=1S/C13H8ClIN4O2S/c14-8-4-9(15)12(11-7(8)2-1-3-16-11)21-5-10(20)18-13-19-17-6-22-13/h1-4,6H,5H2,(H,18,19,20). The fourth-order valence-corrected chi connectivity index (χ4v) is 3.43. The van der Waals surface area contributed by atoms with Gasteiger partial charge in [0.2, 0.25) is 5.13 Å².